The number of carbonyl (C=O) groups excluding carboxylic acids is 1. The SMILES string of the molecule is CCCCCC/C=C\CCCC(=O)NC(COC1OC(CO)C(O)C(O)C1O)C(O)CCCCCCCCCCCCCCCC. The molecule has 1 aliphatic heterocycles. The van der Waals surface area contributed by atoms with Gasteiger partial charge in [0.25, 0.3) is 0 Å². The molecule has 1 aliphatic rings. The first kappa shape index (κ1) is 43.0. The molecule has 9 nitrogen and oxygen atoms in total. The van der Waals surface area contributed by atoms with Crippen LogP contribution in [0, 0.1) is 0 Å². The molecule has 272 valence electrons. The molecule has 46 heavy (non-hydrogen) atoms. The van der Waals surface area contributed by atoms with Crippen LogP contribution in [0.15, 0.2) is 12.2 Å². The molecule has 0 bridgehead atoms. The molecule has 7 unspecified atom stereocenters. The average Bonchev–Trinajstić information content (AvgIpc) is 3.05. The number of carbonyl (C=O) groups is 1. The molecule has 1 saturated heterocycles. The second-order valence-electron chi connectivity index (χ2n) is 13.4. The van der Waals surface area contributed by atoms with Crippen molar-refractivity contribution in [2.75, 3.05) is 13.2 Å². The lowest BCUT2D eigenvalue weighted by Crippen LogP contribution is -2.60. The lowest BCUT2D eigenvalue weighted by Gasteiger charge is -2.40. The number of ether oxygens (including phenoxy) is 2. The lowest BCUT2D eigenvalue weighted by atomic mass is 9.99. The fraction of sp³-hybridized carbons (Fsp3) is 0.919. The van der Waals surface area contributed by atoms with Gasteiger partial charge >= 0.3 is 0 Å². The molecule has 1 heterocycles. The summed E-state index contributed by atoms with van der Waals surface area (Å²) in [5.41, 5.74) is 0. The highest BCUT2D eigenvalue weighted by Crippen LogP contribution is 2.23. The van der Waals surface area contributed by atoms with Gasteiger partial charge in [0.1, 0.15) is 24.4 Å². The lowest BCUT2D eigenvalue weighted by molar-refractivity contribution is -0.302. The van der Waals surface area contributed by atoms with Crippen LogP contribution in [0.5, 0.6) is 0 Å². The van der Waals surface area contributed by atoms with Crippen LogP contribution in [0.1, 0.15) is 162 Å². The topological polar surface area (TPSA) is 149 Å². The van der Waals surface area contributed by atoms with E-state index in [4.69, 9.17) is 9.47 Å². The minimum atomic E-state index is -1.55. The Balaban J connectivity index is 2.44. The van der Waals surface area contributed by atoms with Gasteiger partial charge in [0.05, 0.1) is 25.4 Å². The Morgan fingerprint density at radius 1 is 0.717 bits per heavy atom. The number of hydrogen-bond donors (Lipinski definition) is 6. The summed E-state index contributed by atoms with van der Waals surface area (Å²) in [6.07, 6.45) is 22.3. The monoisotopic (exact) mass is 658 g/mol. The van der Waals surface area contributed by atoms with Crippen molar-refractivity contribution in [3.8, 4) is 0 Å². The summed E-state index contributed by atoms with van der Waals surface area (Å²) in [4.78, 5) is 12.8. The predicted molar refractivity (Wildman–Crippen MR) is 184 cm³/mol. The molecular formula is C37H71NO8. The third kappa shape index (κ3) is 20.3. The molecule has 0 aromatic carbocycles. The van der Waals surface area contributed by atoms with Crippen molar-refractivity contribution in [3.63, 3.8) is 0 Å². The molecule has 0 aromatic heterocycles. The number of hydrogen-bond acceptors (Lipinski definition) is 8. The summed E-state index contributed by atoms with van der Waals surface area (Å²) in [6.45, 7) is 3.75. The maximum atomic E-state index is 12.8. The second kappa shape index (κ2) is 28.9. The number of aliphatic hydroxyl groups excluding tert-OH is 5. The zero-order valence-electron chi connectivity index (χ0n) is 29.3. The van der Waals surface area contributed by atoms with Crippen LogP contribution < -0.4 is 5.32 Å². The van der Waals surface area contributed by atoms with Crippen molar-refractivity contribution < 1.29 is 39.8 Å². The fourth-order valence-electron chi connectivity index (χ4n) is 5.99. The third-order valence-electron chi connectivity index (χ3n) is 9.12. The van der Waals surface area contributed by atoms with Gasteiger partial charge in [-0.3, -0.25) is 4.79 Å². The number of aliphatic hydroxyl groups is 5. The van der Waals surface area contributed by atoms with E-state index in [1.54, 1.807) is 0 Å². The van der Waals surface area contributed by atoms with Gasteiger partial charge in [-0.2, -0.15) is 0 Å². The first-order valence-corrected chi connectivity index (χ1v) is 18.9. The Hall–Kier alpha value is -1.07. The van der Waals surface area contributed by atoms with E-state index in [1.165, 1.54) is 96.3 Å². The highest BCUT2D eigenvalue weighted by molar-refractivity contribution is 5.76. The van der Waals surface area contributed by atoms with E-state index in [1.807, 2.05) is 0 Å². The number of rotatable bonds is 30. The van der Waals surface area contributed by atoms with Gasteiger partial charge in [-0.05, 0) is 32.1 Å². The van der Waals surface area contributed by atoms with Crippen LogP contribution in [0.3, 0.4) is 0 Å². The summed E-state index contributed by atoms with van der Waals surface area (Å²) in [5.74, 6) is -0.182. The van der Waals surface area contributed by atoms with E-state index in [-0.39, 0.29) is 12.5 Å². The van der Waals surface area contributed by atoms with Crippen LogP contribution in [-0.4, -0.2) is 87.5 Å². The van der Waals surface area contributed by atoms with Crippen molar-refractivity contribution in [1.29, 1.82) is 0 Å². The highest BCUT2D eigenvalue weighted by Gasteiger charge is 2.44. The molecule has 0 spiro atoms. The van der Waals surface area contributed by atoms with E-state index in [0.717, 1.165) is 32.1 Å². The Morgan fingerprint density at radius 2 is 1.22 bits per heavy atom. The van der Waals surface area contributed by atoms with Crippen molar-refractivity contribution in [2.24, 2.45) is 0 Å². The molecule has 1 rings (SSSR count). The molecule has 7 atom stereocenters. The van der Waals surface area contributed by atoms with Gasteiger partial charge in [-0.25, -0.2) is 0 Å². The highest BCUT2D eigenvalue weighted by atomic mass is 16.7. The molecule has 1 amide bonds. The maximum absolute atomic E-state index is 12.8. The predicted octanol–water partition coefficient (Wildman–Crippen LogP) is 6.22. The van der Waals surface area contributed by atoms with Gasteiger partial charge in [0.2, 0.25) is 5.91 Å². The van der Waals surface area contributed by atoms with Crippen molar-refractivity contribution in [1.82, 2.24) is 5.32 Å². The minimum Gasteiger partial charge on any atom is -0.394 e. The Morgan fingerprint density at radius 3 is 1.76 bits per heavy atom. The van der Waals surface area contributed by atoms with E-state index in [9.17, 15) is 30.3 Å². The van der Waals surface area contributed by atoms with E-state index in [0.29, 0.717) is 19.3 Å². The zero-order chi connectivity index (χ0) is 33.8. The summed E-state index contributed by atoms with van der Waals surface area (Å²) in [6, 6.07) is -0.726. The second-order valence-corrected chi connectivity index (χ2v) is 13.4. The van der Waals surface area contributed by atoms with Crippen molar-refractivity contribution in [3.05, 3.63) is 12.2 Å². The summed E-state index contributed by atoms with van der Waals surface area (Å²) in [7, 11) is 0. The van der Waals surface area contributed by atoms with Crippen LogP contribution in [0.25, 0.3) is 0 Å². The van der Waals surface area contributed by atoms with Crippen LogP contribution in [0.2, 0.25) is 0 Å². The maximum Gasteiger partial charge on any atom is 0.220 e. The van der Waals surface area contributed by atoms with Gasteiger partial charge < -0.3 is 40.3 Å². The Kier molecular flexibility index (Phi) is 27.0. The van der Waals surface area contributed by atoms with Crippen molar-refractivity contribution in [2.45, 2.75) is 204 Å². The van der Waals surface area contributed by atoms with Gasteiger partial charge in [0, 0.05) is 6.42 Å². The van der Waals surface area contributed by atoms with E-state index >= 15 is 0 Å². The van der Waals surface area contributed by atoms with Crippen LogP contribution >= 0.6 is 0 Å². The first-order valence-electron chi connectivity index (χ1n) is 18.9. The summed E-state index contributed by atoms with van der Waals surface area (Å²) >= 11 is 0. The Bertz CT molecular complexity index is 736. The van der Waals surface area contributed by atoms with Gasteiger partial charge in [-0.15, -0.1) is 0 Å². The molecule has 0 saturated carbocycles. The third-order valence-corrected chi connectivity index (χ3v) is 9.12. The fourth-order valence-corrected chi connectivity index (χ4v) is 5.99. The standard InChI is InChI=1S/C37H71NO8/c1-3-5-7-9-11-13-14-15-16-17-19-20-22-24-26-31(40)30(29-45-37-36(44)35(43)34(42)32(28-39)46-37)38-33(41)27-25-23-21-18-12-10-8-6-4-2/h18,21,30-32,34-37,39-40,42-44H,3-17,19-20,22-29H2,1-2H3,(H,38,41)/b21-18-. The van der Waals surface area contributed by atoms with Gasteiger partial charge in [-0.1, -0.05) is 135 Å². The molecular weight excluding hydrogens is 586 g/mol. The Labute approximate surface area is 280 Å². The van der Waals surface area contributed by atoms with Gasteiger partial charge in [0.15, 0.2) is 6.29 Å². The molecule has 0 radical (unpaired) electrons. The largest absolute Gasteiger partial charge is 0.394 e. The quantitative estimate of drug-likeness (QED) is 0.0394. The molecule has 6 N–H and O–H groups in total. The summed E-state index contributed by atoms with van der Waals surface area (Å²) < 4.78 is 11.2. The molecule has 0 aliphatic carbocycles. The minimum absolute atomic E-state index is 0.147. The van der Waals surface area contributed by atoms with Crippen LogP contribution in [-0.2, 0) is 14.3 Å². The number of amides is 1. The van der Waals surface area contributed by atoms with E-state index < -0.39 is 49.5 Å². The smallest absolute Gasteiger partial charge is 0.220 e. The number of unbranched alkanes of at least 4 members (excludes halogenated alkanes) is 18. The molecule has 0 aromatic rings. The number of allylic oxidation sites excluding steroid dienone is 2. The normalized spacial score (nSPS) is 23.2. The average molecular weight is 658 g/mol. The molecule has 9 heteroatoms. The van der Waals surface area contributed by atoms with Crippen molar-refractivity contribution >= 4 is 5.91 Å². The van der Waals surface area contributed by atoms with E-state index in [2.05, 4.69) is 31.3 Å². The first-order chi connectivity index (χ1) is 22.3. The molecule has 1 fully saturated rings. The zero-order valence-corrected chi connectivity index (χ0v) is 29.3. The number of nitrogens with one attached hydrogen (secondary N) is 1. The van der Waals surface area contributed by atoms with Crippen LogP contribution in [0.4, 0.5) is 0 Å². The summed E-state index contributed by atoms with van der Waals surface area (Å²) in [5, 5.41) is 53.9.